The molecule has 1 aliphatic heterocycles. The molecule has 2 aromatic heterocycles. The Hall–Kier alpha value is -0.960. The molecule has 3 rings (SSSR count). The predicted octanol–water partition coefficient (Wildman–Crippen LogP) is 2.19. The molecular formula is C12H15ClN4O2S2. The van der Waals surface area contributed by atoms with Gasteiger partial charge in [-0.25, -0.2) is 8.42 Å². The Morgan fingerprint density at radius 2 is 2.29 bits per heavy atom. The van der Waals surface area contributed by atoms with Crippen LogP contribution in [0.5, 0.6) is 0 Å². The fraction of sp³-hybridized carbons (Fsp3) is 0.500. The minimum atomic E-state index is -3.45. The summed E-state index contributed by atoms with van der Waals surface area (Å²) in [5.41, 5.74) is 0. The summed E-state index contributed by atoms with van der Waals surface area (Å²) in [5.74, 6) is 0.887. The maximum absolute atomic E-state index is 12.6. The molecule has 0 aliphatic carbocycles. The van der Waals surface area contributed by atoms with Crippen molar-refractivity contribution in [3.63, 3.8) is 0 Å². The van der Waals surface area contributed by atoms with Gasteiger partial charge >= 0.3 is 0 Å². The number of halogens is 1. The first-order valence-corrected chi connectivity index (χ1v) is 9.29. The average molecular weight is 347 g/mol. The number of aromatic nitrogens is 3. The molecule has 1 unspecified atom stereocenters. The third kappa shape index (κ3) is 2.73. The van der Waals surface area contributed by atoms with Crippen LogP contribution in [0.2, 0.25) is 4.34 Å². The third-order valence-electron chi connectivity index (χ3n) is 3.63. The quantitative estimate of drug-likeness (QED) is 0.851. The average Bonchev–Trinajstić information content (AvgIpc) is 3.17. The Kier molecular flexibility index (Phi) is 4.04. The highest BCUT2D eigenvalue weighted by molar-refractivity contribution is 7.91. The summed E-state index contributed by atoms with van der Waals surface area (Å²) in [6.07, 6.45) is 3.23. The summed E-state index contributed by atoms with van der Waals surface area (Å²) in [5, 5.41) is 7.97. The second-order valence-electron chi connectivity index (χ2n) is 4.87. The van der Waals surface area contributed by atoms with Crippen LogP contribution in [0.1, 0.15) is 25.2 Å². The van der Waals surface area contributed by atoms with Crippen LogP contribution in [0.15, 0.2) is 22.7 Å². The van der Waals surface area contributed by atoms with Crippen LogP contribution in [0, 0.1) is 0 Å². The number of sulfonamides is 1. The first-order valence-electron chi connectivity index (χ1n) is 6.66. The zero-order valence-electron chi connectivity index (χ0n) is 11.4. The minimum Gasteiger partial charge on any atom is -0.313 e. The monoisotopic (exact) mass is 346 g/mol. The van der Waals surface area contributed by atoms with Crippen molar-refractivity contribution in [1.29, 1.82) is 0 Å². The molecule has 0 bridgehead atoms. The molecule has 21 heavy (non-hydrogen) atoms. The number of thiophene rings is 1. The summed E-state index contributed by atoms with van der Waals surface area (Å²) in [7, 11) is -3.45. The Labute approximate surface area is 132 Å². The van der Waals surface area contributed by atoms with Crippen molar-refractivity contribution in [2.24, 2.45) is 0 Å². The van der Waals surface area contributed by atoms with Gasteiger partial charge in [0.2, 0.25) is 0 Å². The van der Waals surface area contributed by atoms with Crippen molar-refractivity contribution in [2.75, 3.05) is 13.1 Å². The van der Waals surface area contributed by atoms with Crippen molar-refractivity contribution >= 4 is 33.0 Å². The van der Waals surface area contributed by atoms with E-state index in [1.165, 1.54) is 4.31 Å². The van der Waals surface area contributed by atoms with Crippen LogP contribution < -0.4 is 0 Å². The van der Waals surface area contributed by atoms with Gasteiger partial charge in [-0.05, 0) is 18.6 Å². The van der Waals surface area contributed by atoms with Crippen molar-refractivity contribution < 1.29 is 8.42 Å². The van der Waals surface area contributed by atoms with Gasteiger partial charge < -0.3 is 4.57 Å². The number of hydrogen-bond acceptors (Lipinski definition) is 5. The fourth-order valence-corrected chi connectivity index (χ4v) is 5.67. The van der Waals surface area contributed by atoms with Crippen molar-refractivity contribution in [2.45, 2.75) is 30.0 Å². The molecule has 0 radical (unpaired) electrons. The van der Waals surface area contributed by atoms with Crippen LogP contribution in [-0.2, 0) is 16.4 Å². The molecule has 0 spiro atoms. The van der Waals surface area contributed by atoms with Gasteiger partial charge in [0.25, 0.3) is 10.0 Å². The van der Waals surface area contributed by atoms with Crippen molar-refractivity contribution in [1.82, 2.24) is 19.1 Å². The fourth-order valence-electron chi connectivity index (χ4n) is 2.54. The Morgan fingerprint density at radius 1 is 1.48 bits per heavy atom. The SMILES string of the molecule is CCc1nncn1C1CCN(S(=O)(=O)c2ccc(Cl)s2)C1. The van der Waals surface area contributed by atoms with Crippen LogP contribution in [-0.4, -0.2) is 40.6 Å². The van der Waals surface area contributed by atoms with E-state index >= 15 is 0 Å². The largest absolute Gasteiger partial charge is 0.313 e. The van der Waals surface area contributed by atoms with Gasteiger partial charge in [0.05, 0.1) is 10.4 Å². The summed E-state index contributed by atoms with van der Waals surface area (Å²) < 4.78 is 29.4. The van der Waals surface area contributed by atoms with E-state index in [1.807, 2.05) is 11.5 Å². The van der Waals surface area contributed by atoms with E-state index in [-0.39, 0.29) is 6.04 Å². The van der Waals surface area contributed by atoms with Crippen molar-refractivity contribution in [3.8, 4) is 0 Å². The number of nitrogens with zero attached hydrogens (tertiary/aromatic N) is 4. The van der Waals surface area contributed by atoms with E-state index in [0.717, 1.165) is 30.0 Å². The highest BCUT2D eigenvalue weighted by atomic mass is 35.5. The van der Waals surface area contributed by atoms with Crippen LogP contribution in [0.4, 0.5) is 0 Å². The summed E-state index contributed by atoms with van der Waals surface area (Å²) in [4.78, 5) is 0. The van der Waals surface area contributed by atoms with E-state index in [9.17, 15) is 8.42 Å². The van der Waals surface area contributed by atoms with E-state index < -0.39 is 10.0 Å². The smallest absolute Gasteiger partial charge is 0.252 e. The third-order valence-corrected chi connectivity index (χ3v) is 7.19. The normalized spacial score (nSPS) is 20.2. The lowest BCUT2D eigenvalue weighted by atomic mass is 10.2. The maximum Gasteiger partial charge on any atom is 0.252 e. The minimum absolute atomic E-state index is 0.0974. The summed E-state index contributed by atoms with van der Waals surface area (Å²) in [6, 6.07) is 3.27. The molecule has 0 saturated carbocycles. The van der Waals surface area contributed by atoms with Gasteiger partial charge in [-0.2, -0.15) is 4.31 Å². The Balaban J connectivity index is 1.81. The predicted molar refractivity (Wildman–Crippen MR) is 81.1 cm³/mol. The number of hydrogen-bond donors (Lipinski definition) is 0. The molecular weight excluding hydrogens is 332 g/mol. The second-order valence-corrected chi connectivity index (χ2v) is 8.75. The molecule has 1 fully saturated rings. The molecule has 9 heteroatoms. The molecule has 0 N–H and O–H groups in total. The molecule has 0 amide bonds. The van der Waals surface area contributed by atoms with E-state index in [1.54, 1.807) is 18.5 Å². The van der Waals surface area contributed by atoms with Crippen LogP contribution >= 0.6 is 22.9 Å². The summed E-state index contributed by atoms with van der Waals surface area (Å²) >= 11 is 6.93. The standard InChI is InChI=1S/C12H15ClN4O2S2/c1-2-11-15-14-8-17(11)9-5-6-16(7-9)21(18,19)12-4-3-10(13)20-12/h3-4,8-9H,2,5-7H2,1H3. The maximum atomic E-state index is 12.6. The van der Waals surface area contributed by atoms with Gasteiger partial charge in [-0.1, -0.05) is 18.5 Å². The lowest BCUT2D eigenvalue weighted by Crippen LogP contribution is -2.28. The Morgan fingerprint density at radius 3 is 2.95 bits per heavy atom. The zero-order valence-corrected chi connectivity index (χ0v) is 13.8. The van der Waals surface area contributed by atoms with E-state index in [4.69, 9.17) is 11.6 Å². The first-order chi connectivity index (χ1) is 10.0. The molecule has 1 aliphatic rings. The van der Waals surface area contributed by atoms with Crippen molar-refractivity contribution in [3.05, 3.63) is 28.6 Å². The first kappa shape index (κ1) is 15.0. The Bertz CT molecular complexity index is 740. The molecule has 0 aromatic carbocycles. The lowest BCUT2D eigenvalue weighted by molar-refractivity contribution is 0.448. The lowest BCUT2D eigenvalue weighted by Gasteiger charge is -2.16. The summed E-state index contributed by atoms with van der Waals surface area (Å²) in [6.45, 7) is 2.96. The van der Waals surface area contributed by atoms with E-state index in [0.29, 0.717) is 21.6 Å². The van der Waals surface area contributed by atoms with Gasteiger partial charge in [-0.3, -0.25) is 0 Å². The number of rotatable bonds is 4. The highest BCUT2D eigenvalue weighted by Crippen LogP contribution is 2.32. The molecule has 3 heterocycles. The molecule has 6 nitrogen and oxygen atoms in total. The molecule has 1 saturated heterocycles. The van der Waals surface area contributed by atoms with Gasteiger partial charge in [0.15, 0.2) is 0 Å². The second kappa shape index (κ2) is 5.68. The zero-order chi connectivity index (χ0) is 15.0. The molecule has 114 valence electrons. The van der Waals surface area contributed by atoms with Gasteiger partial charge in [0.1, 0.15) is 16.4 Å². The number of aryl methyl sites for hydroxylation is 1. The highest BCUT2D eigenvalue weighted by Gasteiger charge is 2.34. The van der Waals surface area contributed by atoms with Gasteiger partial charge in [0, 0.05) is 19.5 Å². The topological polar surface area (TPSA) is 68.1 Å². The van der Waals surface area contributed by atoms with Gasteiger partial charge in [-0.15, -0.1) is 21.5 Å². The molecule has 1 atom stereocenters. The van der Waals surface area contributed by atoms with Crippen LogP contribution in [0.3, 0.4) is 0 Å². The van der Waals surface area contributed by atoms with E-state index in [2.05, 4.69) is 10.2 Å². The van der Waals surface area contributed by atoms with Crippen LogP contribution in [0.25, 0.3) is 0 Å². The molecule has 2 aromatic rings.